The van der Waals surface area contributed by atoms with Crippen LogP contribution in [0.15, 0.2) is 5.38 Å². The van der Waals surface area contributed by atoms with Gasteiger partial charge in [0.2, 0.25) is 0 Å². The first-order valence-corrected chi connectivity index (χ1v) is 9.48. The molecule has 122 valence electrons. The first-order valence-electron chi connectivity index (χ1n) is 8.61. The van der Waals surface area contributed by atoms with E-state index in [1.54, 1.807) is 11.3 Å². The molecule has 0 bridgehead atoms. The van der Waals surface area contributed by atoms with Crippen LogP contribution >= 0.6 is 11.3 Å². The Balaban J connectivity index is 1.70. The van der Waals surface area contributed by atoms with E-state index in [1.807, 2.05) is 0 Å². The van der Waals surface area contributed by atoms with Crippen molar-refractivity contribution in [3.05, 3.63) is 16.1 Å². The molecular formula is C17H26N2O2S. The predicted molar refractivity (Wildman–Crippen MR) is 88.1 cm³/mol. The van der Waals surface area contributed by atoms with Gasteiger partial charge in [0.25, 0.3) is 0 Å². The quantitative estimate of drug-likeness (QED) is 0.867. The zero-order chi connectivity index (χ0) is 15.5. The fraction of sp³-hybridized carbons (Fsp3) is 0.765. The number of hydrogen-bond acceptors (Lipinski definition) is 4. The summed E-state index contributed by atoms with van der Waals surface area (Å²) in [5.41, 5.74) is 1.06. The molecule has 2 aliphatic rings. The molecule has 0 amide bonds. The first-order chi connectivity index (χ1) is 10.7. The molecule has 1 aromatic heterocycles. The summed E-state index contributed by atoms with van der Waals surface area (Å²) in [4.78, 5) is 18.6. The van der Waals surface area contributed by atoms with Crippen molar-refractivity contribution >= 4 is 17.3 Å². The highest BCUT2D eigenvalue weighted by Crippen LogP contribution is 2.40. The number of fused-ring (bicyclic) bond motifs is 1. The van der Waals surface area contributed by atoms with Gasteiger partial charge in [-0.3, -0.25) is 9.69 Å². The van der Waals surface area contributed by atoms with E-state index in [0.29, 0.717) is 18.5 Å². The molecule has 2 heterocycles. The largest absolute Gasteiger partial charge is 0.480 e. The first kappa shape index (κ1) is 15.9. The van der Waals surface area contributed by atoms with Gasteiger partial charge in [-0.1, -0.05) is 26.2 Å². The molecule has 1 N–H and O–H groups in total. The molecule has 2 fully saturated rings. The summed E-state index contributed by atoms with van der Waals surface area (Å²) >= 11 is 1.73. The van der Waals surface area contributed by atoms with Gasteiger partial charge >= 0.3 is 5.97 Å². The van der Waals surface area contributed by atoms with E-state index in [2.05, 4.69) is 17.2 Å². The lowest BCUT2D eigenvalue weighted by Gasteiger charge is -2.32. The Bertz CT molecular complexity index is 517. The number of carboxylic acid groups (broad SMARTS) is 1. The summed E-state index contributed by atoms with van der Waals surface area (Å²) in [7, 11) is 0. The average molecular weight is 322 g/mol. The molecule has 1 aromatic rings. The second-order valence-electron chi connectivity index (χ2n) is 6.71. The maximum atomic E-state index is 11.6. The van der Waals surface area contributed by atoms with Crippen LogP contribution in [0, 0.1) is 5.92 Å². The lowest BCUT2D eigenvalue weighted by molar-refractivity contribution is -0.142. The second-order valence-corrected chi connectivity index (χ2v) is 7.65. The molecule has 4 nitrogen and oxygen atoms in total. The highest BCUT2D eigenvalue weighted by Gasteiger charge is 2.45. The number of carbonyl (C=O) groups is 1. The van der Waals surface area contributed by atoms with Crippen LogP contribution < -0.4 is 0 Å². The molecule has 3 unspecified atom stereocenters. The minimum absolute atomic E-state index is 0.311. The van der Waals surface area contributed by atoms with Crippen LogP contribution in [0.2, 0.25) is 0 Å². The van der Waals surface area contributed by atoms with Gasteiger partial charge in [-0.2, -0.15) is 0 Å². The number of hydrogen-bond donors (Lipinski definition) is 1. The van der Waals surface area contributed by atoms with Crippen LogP contribution in [0.5, 0.6) is 0 Å². The Labute approximate surface area is 136 Å². The highest BCUT2D eigenvalue weighted by atomic mass is 32.1. The van der Waals surface area contributed by atoms with Crippen molar-refractivity contribution in [1.82, 2.24) is 9.88 Å². The molecule has 1 saturated heterocycles. The number of nitrogens with zero attached hydrogens (tertiary/aromatic N) is 2. The molecule has 3 rings (SSSR count). The Kier molecular flexibility index (Phi) is 5.14. The SMILES string of the molecule is CCCCc1nc(CN2C(C(=O)O)CC3CCCCC32)cs1. The number of aliphatic carboxylic acids is 1. The number of likely N-dealkylation sites (tertiary alicyclic amines) is 1. The fourth-order valence-corrected chi connectivity index (χ4v) is 4.91. The summed E-state index contributed by atoms with van der Waals surface area (Å²) in [5, 5.41) is 12.9. The van der Waals surface area contributed by atoms with Gasteiger partial charge in [-0.05, 0) is 38.0 Å². The van der Waals surface area contributed by atoms with Crippen LogP contribution in [0.1, 0.15) is 62.6 Å². The van der Waals surface area contributed by atoms with E-state index < -0.39 is 5.97 Å². The van der Waals surface area contributed by atoms with Gasteiger partial charge in [-0.15, -0.1) is 11.3 Å². The third kappa shape index (κ3) is 3.35. The van der Waals surface area contributed by atoms with Crippen molar-refractivity contribution in [3.63, 3.8) is 0 Å². The van der Waals surface area contributed by atoms with Gasteiger partial charge < -0.3 is 5.11 Å². The topological polar surface area (TPSA) is 53.4 Å². The summed E-state index contributed by atoms with van der Waals surface area (Å²) in [6.45, 7) is 2.90. The van der Waals surface area contributed by atoms with E-state index in [-0.39, 0.29) is 6.04 Å². The third-order valence-corrected chi connectivity index (χ3v) is 6.15. The molecular weight excluding hydrogens is 296 g/mol. The van der Waals surface area contributed by atoms with Gasteiger partial charge in [0.05, 0.1) is 10.7 Å². The molecule has 0 spiro atoms. The van der Waals surface area contributed by atoms with Crippen LogP contribution in [0.3, 0.4) is 0 Å². The monoisotopic (exact) mass is 322 g/mol. The number of rotatable bonds is 6. The minimum Gasteiger partial charge on any atom is -0.480 e. The van der Waals surface area contributed by atoms with E-state index in [1.165, 1.54) is 37.1 Å². The molecule has 1 aliphatic carbocycles. The van der Waals surface area contributed by atoms with E-state index in [4.69, 9.17) is 4.98 Å². The maximum Gasteiger partial charge on any atom is 0.320 e. The summed E-state index contributed by atoms with van der Waals surface area (Å²) < 4.78 is 0. The fourth-order valence-electron chi connectivity index (χ4n) is 4.07. The summed E-state index contributed by atoms with van der Waals surface area (Å²) in [5.74, 6) is -0.0797. The van der Waals surface area contributed by atoms with Gasteiger partial charge in [0.15, 0.2) is 0 Å². The predicted octanol–water partition coefficient (Wildman–Crippen LogP) is 3.70. The van der Waals surface area contributed by atoms with Crippen molar-refractivity contribution in [3.8, 4) is 0 Å². The van der Waals surface area contributed by atoms with Crippen molar-refractivity contribution in [2.75, 3.05) is 0 Å². The highest BCUT2D eigenvalue weighted by molar-refractivity contribution is 7.09. The Morgan fingerprint density at radius 2 is 2.27 bits per heavy atom. The normalized spacial score (nSPS) is 28.7. The lowest BCUT2D eigenvalue weighted by atomic mass is 9.85. The molecule has 0 radical (unpaired) electrons. The Hall–Kier alpha value is -0.940. The van der Waals surface area contributed by atoms with Gasteiger partial charge in [0.1, 0.15) is 6.04 Å². The van der Waals surface area contributed by atoms with Crippen LogP contribution in [0.4, 0.5) is 0 Å². The number of aryl methyl sites for hydroxylation is 1. The Morgan fingerprint density at radius 1 is 1.45 bits per heavy atom. The molecule has 1 saturated carbocycles. The van der Waals surface area contributed by atoms with E-state index >= 15 is 0 Å². The third-order valence-electron chi connectivity index (χ3n) is 5.19. The van der Waals surface area contributed by atoms with Crippen LogP contribution in [-0.2, 0) is 17.8 Å². The van der Waals surface area contributed by atoms with E-state index in [0.717, 1.165) is 25.0 Å². The van der Waals surface area contributed by atoms with Gasteiger partial charge in [-0.25, -0.2) is 4.98 Å². The van der Waals surface area contributed by atoms with Crippen molar-refractivity contribution in [2.24, 2.45) is 5.92 Å². The standard InChI is InChI=1S/C17H26N2O2S/c1-2-3-8-16-18-13(11-22-16)10-19-14-7-5-4-6-12(14)9-15(19)17(20)21/h11-12,14-15H,2-10H2,1H3,(H,20,21). The lowest BCUT2D eigenvalue weighted by Crippen LogP contribution is -2.41. The molecule has 22 heavy (non-hydrogen) atoms. The zero-order valence-electron chi connectivity index (χ0n) is 13.3. The Morgan fingerprint density at radius 3 is 3.05 bits per heavy atom. The summed E-state index contributed by atoms with van der Waals surface area (Å²) in [6.07, 6.45) is 9.10. The van der Waals surface area contributed by atoms with Crippen molar-refractivity contribution in [2.45, 2.75) is 76.9 Å². The average Bonchev–Trinajstić information content (AvgIpc) is 3.11. The molecule has 0 aromatic carbocycles. The zero-order valence-corrected chi connectivity index (χ0v) is 14.1. The van der Waals surface area contributed by atoms with Crippen LogP contribution in [-0.4, -0.2) is 33.0 Å². The second kappa shape index (κ2) is 7.09. The smallest absolute Gasteiger partial charge is 0.320 e. The van der Waals surface area contributed by atoms with Crippen molar-refractivity contribution < 1.29 is 9.90 Å². The number of unbranched alkanes of at least 4 members (excludes halogenated alkanes) is 1. The minimum atomic E-state index is -0.657. The molecule has 5 heteroatoms. The molecule has 3 atom stereocenters. The van der Waals surface area contributed by atoms with Crippen molar-refractivity contribution in [1.29, 1.82) is 0 Å². The maximum absolute atomic E-state index is 11.6. The number of aromatic nitrogens is 1. The van der Waals surface area contributed by atoms with Crippen LogP contribution in [0.25, 0.3) is 0 Å². The van der Waals surface area contributed by atoms with E-state index in [9.17, 15) is 9.90 Å². The number of thiazole rings is 1. The summed E-state index contributed by atoms with van der Waals surface area (Å²) in [6, 6.07) is 0.143. The number of carboxylic acids is 1. The van der Waals surface area contributed by atoms with Gasteiger partial charge in [0, 0.05) is 18.0 Å². The molecule has 1 aliphatic heterocycles.